The number of carboxylic acid groups (broad SMARTS) is 2. The fourth-order valence-electron chi connectivity index (χ4n) is 3.41. The van der Waals surface area contributed by atoms with Crippen LogP contribution in [0.15, 0.2) is 0 Å². The lowest BCUT2D eigenvalue weighted by molar-refractivity contribution is -0.150. The molecule has 1 unspecified atom stereocenters. The van der Waals surface area contributed by atoms with E-state index < -0.39 is 65.6 Å². The van der Waals surface area contributed by atoms with Crippen molar-refractivity contribution in [1.82, 2.24) is 5.32 Å². The van der Waals surface area contributed by atoms with E-state index in [1.54, 1.807) is 0 Å². The minimum Gasteiger partial charge on any atom is -0.481 e. The van der Waals surface area contributed by atoms with E-state index in [2.05, 4.69) is 5.32 Å². The average Bonchev–Trinajstić information content (AvgIpc) is 3.06. The summed E-state index contributed by atoms with van der Waals surface area (Å²) in [6.45, 7) is 0. The van der Waals surface area contributed by atoms with Gasteiger partial charge in [0.15, 0.2) is 0 Å². The Balaban J connectivity index is 2.21. The maximum Gasteiger partial charge on any atom is 0.329 e. The molecular formula is C12H17N3O7. The number of aliphatic carboxylic acids is 2. The van der Waals surface area contributed by atoms with Gasteiger partial charge in [0, 0.05) is 18.3 Å². The first-order valence-electron chi connectivity index (χ1n) is 6.62. The monoisotopic (exact) mass is 315 g/mol. The van der Waals surface area contributed by atoms with Crippen LogP contribution in [-0.2, 0) is 19.2 Å². The number of carboxylic acids is 2. The number of nitrogens with two attached hydrogens (primary N) is 2. The van der Waals surface area contributed by atoms with Gasteiger partial charge in [0.1, 0.15) is 5.54 Å². The number of fused-ring (bicyclic) bond motifs is 1. The summed E-state index contributed by atoms with van der Waals surface area (Å²) in [6.07, 6.45) is -1.92. The SMILES string of the molecule is NC(=O)C[C@H](N)C(=O)N[C@@]1(C(=O)O)C[C@H](O)C2[C@H](C(=O)O)[C@H]21. The lowest BCUT2D eigenvalue weighted by Crippen LogP contribution is -2.60. The number of hydrogen-bond acceptors (Lipinski definition) is 6. The molecule has 22 heavy (non-hydrogen) atoms. The van der Waals surface area contributed by atoms with Crippen molar-refractivity contribution in [3.63, 3.8) is 0 Å². The number of primary amides is 1. The zero-order valence-electron chi connectivity index (χ0n) is 11.4. The molecule has 8 N–H and O–H groups in total. The Labute approximate surface area is 124 Å². The van der Waals surface area contributed by atoms with Gasteiger partial charge in [-0.2, -0.15) is 0 Å². The van der Waals surface area contributed by atoms with E-state index in [4.69, 9.17) is 16.6 Å². The number of nitrogens with one attached hydrogen (secondary N) is 1. The van der Waals surface area contributed by atoms with Crippen LogP contribution in [0.1, 0.15) is 12.8 Å². The molecule has 0 spiro atoms. The zero-order chi connectivity index (χ0) is 16.8. The summed E-state index contributed by atoms with van der Waals surface area (Å²) >= 11 is 0. The third-order valence-electron chi connectivity index (χ3n) is 4.39. The van der Waals surface area contributed by atoms with Gasteiger partial charge in [-0.3, -0.25) is 14.4 Å². The Morgan fingerprint density at radius 2 is 1.86 bits per heavy atom. The van der Waals surface area contributed by atoms with Crippen LogP contribution in [0.4, 0.5) is 0 Å². The lowest BCUT2D eigenvalue weighted by atomic mass is 9.89. The molecule has 2 saturated carbocycles. The van der Waals surface area contributed by atoms with Crippen molar-refractivity contribution in [2.24, 2.45) is 29.2 Å². The number of rotatable bonds is 6. The molecule has 0 aromatic rings. The van der Waals surface area contributed by atoms with Gasteiger partial charge in [0.25, 0.3) is 0 Å². The Kier molecular flexibility index (Phi) is 3.83. The van der Waals surface area contributed by atoms with Crippen LogP contribution in [0, 0.1) is 17.8 Å². The van der Waals surface area contributed by atoms with Crippen LogP contribution in [0.25, 0.3) is 0 Å². The number of hydrogen-bond donors (Lipinski definition) is 6. The Hall–Kier alpha value is -2.20. The van der Waals surface area contributed by atoms with E-state index in [0.29, 0.717) is 0 Å². The third kappa shape index (κ3) is 2.40. The van der Waals surface area contributed by atoms with Gasteiger partial charge < -0.3 is 32.1 Å². The van der Waals surface area contributed by atoms with E-state index in [1.165, 1.54) is 0 Å². The minimum atomic E-state index is -1.90. The number of aliphatic hydroxyl groups excluding tert-OH is 1. The van der Waals surface area contributed by atoms with Gasteiger partial charge in [0.2, 0.25) is 11.8 Å². The van der Waals surface area contributed by atoms with Crippen LogP contribution in [0.2, 0.25) is 0 Å². The number of carbonyl (C=O) groups excluding carboxylic acids is 2. The molecule has 10 nitrogen and oxygen atoms in total. The molecule has 0 saturated heterocycles. The van der Waals surface area contributed by atoms with Crippen LogP contribution in [-0.4, -0.2) is 56.8 Å². The van der Waals surface area contributed by atoms with Crippen LogP contribution in [0.3, 0.4) is 0 Å². The number of amides is 2. The molecule has 2 rings (SSSR count). The Bertz CT molecular complexity index is 551. The van der Waals surface area contributed by atoms with Gasteiger partial charge in [-0.05, 0) is 0 Å². The molecule has 0 bridgehead atoms. The van der Waals surface area contributed by atoms with E-state index in [-0.39, 0.29) is 6.42 Å². The summed E-state index contributed by atoms with van der Waals surface area (Å²) in [4.78, 5) is 45.4. The molecule has 2 fully saturated rings. The van der Waals surface area contributed by atoms with Crippen molar-refractivity contribution in [2.75, 3.05) is 0 Å². The molecule has 10 heteroatoms. The first kappa shape index (κ1) is 16.2. The normalized spacial score (nSPS) is 37.0. The van der Waals surface area contributed by atoms with Crippen molar-refractivity contribution in [3.8, 4) is 0 Å². The lowest BCUT2D eigenvalue weighted by Gasteiger charge is -2.30. The molecule has 6 atom stereocenters. The molecule has 2 amide bonds. The largest absolute Gasteiger partial charge is 0.481 e. The standard InChI is InChI=1S/C12H17N3O7/c13-3(1-5(14)17)9(18)15-12(11(21)22)2-4(16)6-7(8(6)12)10(19)20/h3-4,6-8,16H,1-2,13H2,(H2,14,17)(H,15,18)(H,19,20)(H,21,22)/t3-,4-,6?,7-,8-,12-/m0/s1. The summed E-state index contributed by atoms with van der Waals surface area (Å²) in [5.41, 5.74) is 8.47. The fraction of sp³-hybridized carbons (Fsp3) is 0.667. The zero-order valence-corrected chi connectivity index (χ0v) is 11.4. The highest BCUT2D eigenvalue weighted by Crippen LogP contribution is 2.62. The van der Waals surface area contributed by atoms with Crippen LogP contribution >= 0.6 is 0 Å². The van der Waals surface area contributed by atoms with Crippen molar-refractivity contribution >= 4 is 23.8 Å². The molecule has 2 aliphatic rings. The average molecular weight is 315 g/mol. The molecule has 122 valence electrons. The molecule has 0 aromatic heterocycles. The first-order chi connectivity index (χ1) is 10.1. The Morgan fingerprint density at radius 1 is 1.27 bits per heavy atom. The van der Waals surface area contributed by atoms with E-state index in [1.807, 2.05) is 0 Å². The molecule has 0 radical (unpaired) electrons. The van der Waals surface area contributed by atoms with Crippen LogP contribution < -0.4 is 16.8 Å². The number of aliphatic hydroxyl groups is 1. The van der Waals surface area contributed by atoms with Gasteiger partial charge >= 0.3 is 11.9 Å². The second-order valence-electron chi connectivity index (χ2n) is 5.78. The van der Waals surface area contributed by atoms with Crippen molar-refractivity contribution in [3.05, 3.63) is 0 Å². The summed E-state index contributed by atoms with van der Waals surface area (Å²) in [6, 6.07) is -1.34. The van der Waals surface area contributed by atoms with Crippen molar-refractivity contribution < 1.29 is 34.5 Å². The molecule has 0 aromatic carbocycles. The van der Waals surface area contributed by atoms with Gasteiger partial charge in [-0.25, -0.2) is 4.79 Å². The summed E-state index contributed by atoms with van der Waals surface area (Å²) in [7, 11) is 0. The predicted molar refractivity (Wildman–Crippen MR) is 69.0 cm³/mol. The first-order valence-corrected chi connectivity index (χ1v) is 6.62. The molecule has 0 aliphatic heterocycles. The maximum atomic E-state index is 12.0. The fourth-order valence-corrected chi connectivity index (χ4v) is 3.41. The van der Waals surface area contributed by atoms with Crippen molar-refractivity contribution in [2.45, 2.75) is 30.5 Å². The summed E-state index contributed by atoms with van der Waals surface area (Å²) in [5, 5.41) is 30.6. The third-order valence-corrected chi connectivity index (χ3v) is 4.39. The highest BCUT2D eigenvalue weighted by molar-refractivity contribution is 5.94. The van der Waals surface area contributed by atoms with Gasteiger partial charge in [-0.1, -0.05) is 0 Å². The second kappa shape index (κ2) is 5.21. The Morgan fingerprint density at radius 3 is 2.27 bits per heavy atom. The summed E-state index contributed by atoms with van der Waals surface area (Å²) < 4.78 is 0. The van der Waals surface area contributed by atoms with E-state index >= 15 is 0 Å². The highest BCUT2D eigenvalue weighted by Gasteiger charge is 2.75. The van der Waals surface area contributed by atoms with E-state index in [0.717, 1.165) is 0 Å². The summed E-state index contributed by atoms with van der Waals surface area (Å²) in [5.74, 6) is -7.09. The quantitative estimate of drug-likeness (QED) is 0.295. The minimum absolute atomic E-state index is 0.309. The highest BCUT2D eigenvalue weighted by atomic mass is 16.4. The predicted octanol–water partition coefficient (Wildman–Crippen LogP) is -3.16. The van der Waals surface area contributed by atoms with Gasteiger partial charge in [-0.15, -0.1) is 0 Å². The second-order valence-corrected chi connectivity index (χ2v) is 5.78. The number of carbonyl (C=O) groups is 4. The topological polar surface area (TPSA) is 193 Å². The molecule has 2 aliphatic carbocycles. The molecule has 0 heterocycles. The van der Waals surface area contributed by atoms with Crippen LogP contribution in [0.5, 0.6) is 0 Å². The smallest absolute Gasteiger partial charge is 0.329 e. The maximum absolute atomic E-state index is 12.0. The van der Waals surface area contributed by atoms with Crippen molar-refractivity contribution in [1.29, 1.82) is 0 Å². The van der Waals surface area contributed by atoms with Gasteiger partial charge in [0.05, 0.1) is 24.5 Å². The van der Waals surface area contributed by atoms with E-state index in [9.17, 15) is 29.4 Å². The molecular weight excluding hydrogens is 298 g/mol.